The van der Waals surface area contributed by atoms with Crippen molar-refractivity contribution < 1.29 is 20.4 Å². The van der Waals surface area contributed by atoms with Crippen LogP contribution in [0.5, 0.6) is 0 Å². The molecule has 0 aliphatic carbocycles. The number of aliphatic hydroxyl groups excluding tert-OH is 3. The Balaban J connectivity index is 2.40. The highest BCUT2D eigenvalue weighted by Crippen LogP contribution is 2.41. The normalized spacial score (nSPS) is 11.5. The zero-order valence-electron chi connectivity index (χ0n) is 14.3. The van der Waals surface area contributed by atoms with Crippen LogP contribution < -0.4 is 0 Å². The Bertz CT molecular complexity index is 773. The van der Waals surface area contributed by atoms with Gasteiger partial charge in [-0.25, -0.2) is 0 Å². The van der Waals surface area contributed by atoms with Gasteiger partial charge in [0, 0.05) is 0 Å². The van der Waals surface area contributed by atoms with Crippen molar-refractivity contribution in [3.63, 3.8) is 0 Å². The number of aliphatic hydroxyl groups is 4. The van der Waals surface area contributed by atoms with Gasteiger partial charge >= 0.3 is 0 Å². The van der Waals surface area contributed by atoms with Crippen molar-refractivity contribution in [2.24, 2.45) is 0 Å². The molecule has 0 saturated carbocycles. The van der Waals surface area contributed by atoms with Crippen LogP contribution >= 0.6 is 0 Å². The third-order valence-electron chi connectivity index (χ3n) is 4.73. The smallest absolute Gasteiger partial charge is 0.141 e. The van der Waals surface area contributed by atoms with Crippen LogP contribution in [0.15, 0.2) is 72.8 Å². The minimum Gasteiger partial charge on any atom is -0.392 e. The van der Waals surface area contributed by atoms with Crippen molar-refractivity contribution in [1.82, 2.24) is 0 Å². The molecular formula is C22H22O4. The van der Waals surface area contributed by atoms with E-state index < -0.39 is 5.60 Å². The Morgan fingerprint density at radius 3 is 1.04 bits per heavy atom. The molecule has 0 aliphatic heterocycles. The average molecular weight is 350 g/mol. The molecule has 3 aromatic carbocycles. The molecule has 0 aromatic heterocycles. The fraction of sp³-hybridized carbons (Fsp3) is 0.182. The predicted octanol–water partition coefficient (Wildman–Crippen LogP) is 2.45. The first-order chi connectivity index (χ1) is 12.7. The van der Waals surface area contributed by atoms with Crippen molar-refractivity contribution in [2.75, 3.05) is 0 Å². The van der Waals surface area contributed by atoms with Crippen LogP contribution in [0.4, 0.5) is 0 Å². The molecule has 3 rings (SSSR count). The molecule has 0 atom stereocenters. The molecular weight excluding hydrogens is 328 g/mol. The summed E-state index contributed by atoms with van der Waals surface area (Å²) in [6.45, 7) is -0.705. The lowest BCUT2D eigenvalue weighted by molar-refractivity contribution is 0.116. The summed E-state index contributed by atoms with van der Waals surface area (Å²) in [6.07, 6.45) is 0. The lowest BCUT2D eigenvalue weighted by atomic mass is 9.75. The van der Waals surface area contributed by atoms with Crippen LogP contribution in [-0.2, 0) is 25.4 Å². The zero-order valence-corrected chi connectivity index (χ0v) is 14.3. The largest absolute Gasteiger partial charge is 0.392 e. The molecule has 3 aromatic rings. The molecule has 26 heavy (non-hydrogen) atoms. The first-order valence-electron chi connectivity index (χ1n) is 8.47. The molecule has 0 fully saturated rings. The molecule has 0 heterocycles. The van der Waals surface area contributed by atoms with Gasteiger partial charge in [0.1, 0.15) is 5.60 Å². The summed E-state index contributed by atoms with van der Waals surface area (Å²) in [4.78, 5) is 0. The van der Waals surface area contributed by atoms with E-state index in [0.29, 0.717) is 33.4 Å². The molecule has 0 unspecified atom stereocenters. The molecule has 4 N–H and O–H groups in total. The summed E-state index contributed by atoms with van der Waals surface area (Å²) in [6, 6.07) is 21.3. The second-order valence-electron chi connectivity index (χ2n) is 6.16. The van der Waals surface area contributed by atoms with Crippen molar-refractivity contribution in [3.05, 3.63) is 106 Å². The average Bonchev–Trinajstić information content (AvgIpc) is 2.73. The van der Waals surface area contributed by atoms with E-state index in [-0.39, 0.29) is 19.8 Å². The lowest BCUT2D eigenvalue weighted by Gasteiger charge is -2.34. The SMILES string of the molecule is OCc1ccccc1C(O)(c1ccccc1CO)c1ccccc1CO. The molecule has 0 aliphatic rings. The second-order valence-corrected chi connectivity index (χ2v) is 6.16. The summed E-state index contributed by atoms with van der Waals surface area (Å²) >= 11 is 0. The highest BCUT2D eigenvalue weighted by Gasteiger charge is 2.38. The molecule has 4 nitrogen and oxygen atoms in total. The number of benzene rings is 3. The first kappa shape index (κ1) is 18.3. The Morgan fingerprint density at radius 1 is 0.500 bits per heavy atom. The van der Waals surface area contributed by atoms with Crippen LogP contribution in [0, 0.1) is 0 Å². The van der Waals surface area contributed by atoms with Crippen LogP contribution in [0.1, 0.15) is 33.4 Å². The van der Waals surface area contributed by atoms with Crippen molar-refractivity contribution in [1.29, 1.82) is 0 Å². The van der Waals surface area contributed by atoms with Crippen LogP contribution in [0.2, 0.25) is 0 Å². The minimum absolute atomic E-state index is 0.235. The molecule has 0 amide bonds. The van der Waals surface area contributed by atoms with Gasteiger partial charge in [-0.2, -0.15) is 0 Å². The van der Waals surface area contributed by atoms with Gasteiger partial charge in [-0.3, -0.25) is 0 Å². The molecule has 134 valence electrons. The fourth-order valence-corrected chi connectivity index (χ4v) is 3.47. The van der Waals surface area contributed by atoms with E-state index in [1.807, 2.05) is 0 Å². The van der Waals surface area contributed by atoms with E-state index in [2.05, 4.69) is 0 Å². The summed E-state index contributed by atoms with van der Waals surface area (Å²) in [5, 5.41) is 41.5. The third-order valence-corrected chi connectivity index (χ3v) is 4.73. The van der Waals surface area contributed by atoms with Gasteiger partial charge in [0.15, 0.2) is 0 Å². The Kier molecular flexibility index (Phi) is 5.49. The Hall–Kier alpha value is -2.50. The Labute approximate surface area is 152 Å². The van der Waals surface area contributed by atoms with Crippen molar-refractivity contribution in [2.45, 2.75) is 25.4 Å². The van der Waals surface area contributed by atoms with Gasteiger partial charge in [-0.15, -0.1) is 0 Å². The van der Waals surface area contributed by atoms with Crippen molar-refractivity contribution >= 4 is 0 Å². The van der Waals surface area contributed by atoms with Gasteiger partial charge in [0.25, 0.3) is 0 Å². The lowest BCUT2D eigenvalue weighted by Crippen LogP contribution is -2.33. The molecule has 4 heteroatoms. The number of rotatable bonds is 6. The fourth-order valence-electron chi connectivity index (χ4n) is 3.47. The van der Waals surface area contributed by atoms with Gasteiger partial charge in [-0.05, 0) is 33.4 Å². The highest BCUT2D eigenvalue weighted by molar-refractivity contribution is 5.54. The summed E-state index contributed by atoms with van der Waals surface area (Å²) in [7, 11) is 0. The maximum Gasteiger partial charge on any atom is 0.141 e. The summed E-state index contributed by atoms with van der Waals surface area (Å²) in [5.41, 5.74) is 1.66. The van der Waals surface area contributed by atoms with E-state index in [9.17, 15) is 20.4 Å². The maximum absolute atomic E-state index is 12.0. The molecule has 0 radical (unpaired) electrons. The van der Waals surface area contributed by atoms with E-state index >= 15 is 0 Å². The van der Waals surface area contributed by atoms with E-state index in [1.54, 1.807) is 72.8 Å². The predicted molar refractivity (Wildman–Crippen MR) is 99.2 cm³/mol. The Morgan fingerprint density at radius 2 is 0.769 bits per heavy atom. The highest BCUT2D eigenvalue weighted by atomic mass is 16.3. The van der Waals surface area contributed by atoms with Gasteiger partial charge in [0.2, 0.25) is 0 Å². The monoisotopic (exact) mass is 350 g/mol. The van der Waals surface area contributed by atoms with Gasteiger partial charge in [0.05, 0.1) is 19.8 Å². The standard InChI is InChI=1S/C22H22O4/c23-13-16-7-1-4-10-19(16)22(26,20-11-5-2-8-17(20)14-24)21-12-6-3-9-18(21)15-25/h1-12,23-26H,13-15H2. The quantitative estimate of drug-likeness (QED) is 0.515. The van der Waals surface area contributed by atoms with Crippen molar-refractivity contribution in [3.8, 4) is 0 Å². The second kappa shape index (κ2) is 7.81. The van der Waals surface area contributed by atoms with E-state index in [1.165, 1.54) is 0 Å². The summed E-state index contributed by atoms with van der Waals surface area (Å²) < 4.78 is 0. The first-order valence-corrected chi connectivity index (χ1v) is 8.47. The zero-order chi connectivity index (χ0) is 18.6. The number of hydrogen-bond acceptors (Lipinski definition) is 4. The van der Waals surface area contributed by atoms with Gasteiger partial charge in [-0.1, -0.05) is 72.8 Å². The maximum atomic E-state index is 12.0. The third kappa shape index (κ3) is 3.04. The molecule has 0 saturated heterocycles. The van der Waals surface area contributed by atoms with E-state index in [4.69, 9.17) is 0 Å². The minimum atomic E-state index is -1.63. The topological polar surface area (TPSA) is 80.9 Å². The molecule has 0 bridgehead atoms. The number of hydrogen-bond donors (Lipinski definition) is 4. The summed E-state index contributed by atoms with van der Waals surface area (Å²) in [5.74, 6) is 0. The van der Waals surface area contributed by atoms with Gasteiger partial charge < -0.3 is 20.4 Å². The van der Waals surface area contributed by atoms with E-state index in [0.717, 1.165) is 0 Å². The van der Waals surface area contributed by atoms with Crippen LogP contribution in [-0.4, -0.2) is 20.4 Å². The van der Waals surface area contributed by atoms with Crippen LogP contribution in [0.3, 0.4) is 0 Å². The van der Waals surface area contributed by atoms with Crippen LogP contribution in [0.25, 0.3) is 0 Å². The molecule has 0 spiro atoms.